The van der Waals surface area contributed by atoms with Gasteiger partial charge in [-0.3, -0.25) is 0 Å². The van der Waals surface area contributed by atoms with Crippen LogP contribution in [0.1, 0.15) is 58.3 Å². The highest BCUT2D eigenvalue weighted by Gasteiger charge is 2.26. The number of hydrogen-bond donors (Lipinski definition) is 1. The highest BCUT2D eigenvalue weighted by Crippen LogP contribution is 2.26. The molecule has 2 nitrogen and oxygen atoms in total. The summed E-state index contributed by atoms with van der Waals surface area (Å²) >= 11 is 0. The SMILES string of the molecule is CC1CCCCN1CC1CCCCCC1O. The summed E-state index contributed by atoms with van der Waals surface area (Å²) in [6.07, 6.45) is 10.2. The first-order valence-corrected chi connectivity index (χ1v) is 7.19. The molecule has 2 heteroatoms. The number of piperidine rings is 1. The van der Waals surface area contributed by atoms with E-state index in [1.165, 1.54) is 51.5 Å². The number of likely N-dealkylation sites (tertiary alicyclic amines) is 1. The summed E-state index contributed by atoms with van der Waals surface area (Å²) in [4.78, 5) is 2.61. The second-order valence-electron chi connectivity index (χ2n) is 5.81. The van der Waals surface area contributed by atoms with Gasteiger partial charge in [-0.05, 0) is 45.1 Å². The van der Waals surface area contributed by atoms with Gasteiger partial charge < -0.3 is 10.0 Å². The fourth-order valence-corrected chi connectivity index (χ4v) is 3.31. The molecule has 1 aliphatic heterocycles. The van der Waals surface area contributed by atoms with Gasteiger partial charge in [0.2, 0.25) is 0 Å². The van der Waals surface area contributed by atoms with Crippen LogP contribution in [0.5, 0.6) is 0 Å². The molecule has 0 spiro atoms. The average Bonchev–Trinajstić information content (AvgIpc) is 2.48. The summed E-state index contributed by atoms with van der Waals surface area (Å²) in [7, 11) is 0. The first-order valence-electron chi connectivity index (χ1n) is 7.19. The Balaban J connectivity index is 1.86. The maximum Gasteiger partial charge on any atom is 0.0580 e. The third-order valence-corrected chi connectivity index (χ3v) is 4.53. The zero-order valence-corrected chi connectivity index (χ0v) is 10.7. The minimum atomic E-state index is -0.0309. The molecule has 3 atom stereocenters. The van der Waals surface area contributed by atoms with Crippen molar-refractivity contribution in [2.45, 2.75) is 70.4 Å². The second-order valence-corrected chi connectivity index (χ2v) is 5.81. The molecule has 0 radical (unpaired) electrons. The lowest BCUT2D eigenvalue weighted by Gasteiger charge is -2.36. The van der Waals surface area contributed by atoms with Crippen molar-refractivity contribution in [3.8, 4) is 0 Å². The lowest BCUT2D eigenvalue weighted by atomic mass is 9.94. The highest BCUT2D eigenvalue weighted by atomic mass is 16.3. The molecular weight excluding hydrogens is 198 g/mol. The van der Waals surface area contributed by atoms with E-state index in [1.807, 2.05) is 0 Å². The van der Waals surface area contributed by atoms with Gasteiger partial charge in [0, 0.05) is 12.6 Å². The zero-order valence-electron chi connectivity index (χ0n) is 10.7. The zero-order chi connectivity index (χ0) is 11.4. The Kier molecular flexibility index (Phi) is 4.66. The van der Waals surface area contributed by atoms with Crippen LogP contribution in [-0.4, -0.2) is 35.2 Å². The van der Waals surface area contributed by atoms with Crippen molar-refractivity contribution >= 4 is 0 Å². The lowest BCUT2D eigenvalue weighted by molar-refractivity contribution is 0.0526. The lowest BCUT2D eigenvalue weighted by Crippen LogP contribution is -2.42. The van der Waals surface area contributed by atoms with Crippen LogP contribution in [0.3, 0.4) is 0 Å². The molecule has 0 amide bonds. The van der Waals surface area contributed by atoms with Crippen molar-refractivity contribution in [1.82, 2.24) is 4.90 Å². The third-order valence-electron chi connectivity index (χ3n) is 4.53. The fourth-order valence-electron chi connectivity index (χ4n) is 3.31. The van der Waals surface area contributed by atoms with E-state index < -0.39 is 0 Å². The number of aliphatic hydroxyl groups is 1. The van der Waals surface area contributed by atoms with E-state index in [-0.39, 0.29) is 6.10 Å². The highest BCUT2D eigenvalue weighted by molar-refractivity contribution is 4.80. The van der Waals surface area contributed by atoms with Gasteiger partial charge in [-0.1, -0.05) is 25.7 Å². The molecule has 1 saturated heterocycles. The molecule has 2 rings (SSSR count). The number of rotatable bonds is 2. The molecule has 0 aromatic heterocycles. The summed E-state index contributed by atoms with van der Waals surface area (Å²) < 4.78 is 0. The molecule has 0 aromatic rings. The standard InChI is InChI=1S/C14H27NO/c1-12-7-5-6-10-15(12)11-13-8-3-2-4-9-14(13)16/h12-14,16H,2-11H2,1H3. The third kappa shape index (κ3) is 3.21. The monoisotopic (exact) mass is 225 g/mol. The Hall–Kier alpha value is -0.0800. The number of aliphatic hydroxyl groups excluding tert-OH is 1. The van der Waals surface area contributed by atoms with Gasteiger partial charge in [-0.2, -0.15) is 0 Å². The summed E-state index contributed by atoms with van der Waals surface area (Å²) in [6, 6.07) is 0.740. The molecule has 2 fully saturated rings. The molecular formula is C14H27NO. The molecule has 1 aliphatic carbocycles. The second kappa shape index (κ2) is 6.02. The average molecular weight is 225 g/mol. The topological polar surface area (TPSA) is 23.5 Å². The van der Waals surface area contributed by atoms with Crippen LogP contribution >= 0.6 is 0 Å². The molecule has 1 heterocycles. The van der Waals surface area contributed by atoms with Gasteiger partial charge in [0.25, 0.3) is 0 Å². The first-order chi connectivity index (χ1) is 7.77. The van der Waals surface area contributed by atoms with Crippen molar-refractivity contribution in [2.24, 2.45) is 5.92 Å². The van der Waals surface area contributed by atoms with Gasteiger partial charge >= 0.3 is 0 Å². The van der Waals surface area contributed by atoms with E-state index in [0.717, 1.165) is 19.0 Å². The molecule has 0 bridgehead atoms. The quantitative estimate of drug-likeness (QED) is 0.731. The van der Waals surface area contributed by atoms with E-state index in [9.17, 15) is 5.11 Å². The summed E-state index contributed by atoms with van der Waals surface area (Å²) in [5, 5.41) is 10.1. The molecule has 1 saturated carbocycles. The summed E-state index contributed by atoms with van der Waals surface area (Å²) in [5.74, 6) is 0.544. The number of hydrogen-bond acceptors (Lipinski definition) is 2. The Morgan fingerprint density at radius 1 is 1.00 bits per heavy atom. The van der Waals surface area contributed by atoms with E-state index in [4.69, 9.17) is 0 Å². The van der Waals surface area contributed by atoms with Gasteiger partial charge in [-0.25, -0.2) is 0 Å². The minimum Gasteiger partial charge on any atom is -0.393 e. The normalized spacial score (nSPS) is 38.2. The Morgan fingerprint density at radius 3 is 2.56 bits per heavy atom. The molecule has 94 valence electrons. The molecule has 1 N–H and O–H groups in total. The van der Waals surface area contributed by atoms with Crippen LogP contribution < -0.4 is 0 Å². The van der Waals surface area contributed by atoms with Crippen LogP contribution in [-0.2, 0) is 0 Å². The van der Waals surface area contributed by atoms with Crippen LogP contribution in [0.15, 0.2) is 0 Å². The van der Waals surface area contributed by atoms with Crippen LogP contribution in [0, 0.1) is 5.92 Å². The van der Waals surface area contributed by atoms with Crippen molar-refractivity contribution in [3.05, 3.63) is 0 Å². The first kappa shape index (κ1) is 12.4. The minimum absolute atomic E-state index is 0.0309. The van der Waals surface area contributed by atoms with Gasteiger partial charge in [0.15, 0.2) is 0 Å². The van der Waals surface area contributed by atoms with E-state index in [0.29, 0.717) is 5.92 Å². The van der Waals surface area contributed by atoms with E-state index in [1.54, 1.807) is 0 Å². The van der Waals surface area contributed by atoms with Crippen LogP contribution in [0.2, 0.25) is 0 Å². The fraction of sp³-hybridized carbons (Fsp3) is 1.00. The molecule has 2 aliphatic rings. The molecule has 0 aromatic carbocycles. The predicted molar refractivity (Wildman–Crippen MR) is 67.5 cm³/mol. The van der Waals surface area contributed by atoms with Crippen molar-refractivity contribution in [3.63, 3.8) is 0 Å². The van der Waals surface area contributed by atoms with Crippen LogP contribution in [0.25, 0.3) is 0 Å². The van der Waals surface area contributed by atoms with Crippen molar-refractivity contribution in [2.75, 3.05) is 13.1 Å². The summed E-state index contributed by atoms with van der Waals surface area (Å²) in [6.45, 7) is 4.75. The predicted octanol–water partition coefficient (Wildman–Crippen LogP) is 2.80. The summed E-state index contributed by atoms with van der Waals surface area (Å²) in [5.41, 5.74) is 0. The Labute approximate surface area is 100 Å². The number of nitrogens with zero attached hydrogens (tertiary/aromatic N) is 1. The van der Waals surface area contributed by atoms with Gasteiger partial charge in [0.05, 0.1) is 6.10 Å². The smallest absolute Gasteiger partial charge is 0.0580 e. The Morgan fingerprint density at radius 2 is 1.75 bits per heavy atom. The van der Waals surface area contributed by atoms with Crippen molar-refractivity contribution < 1.29 is 5.11 Å². The van der Waals surface area contributed by atoms with E-state index >= 15 is 0 Å². The van der Waals surface area contributed by atoms with Gasteiger partial charge in [-0.15, -0.1) is 0 Å². The largest absolute Gasteiger partial charge is 0.393 e. The Bertz CT molecular complexity index is 207. The van der Waals surface area contributed by atoms with Crippen LogP contribution in [0.4, 0.5) is 0 Å². The van der Waals surface area contributed by atoms with Gasteiger partial charge in [0.1, 0.15) is 0 Å². The maximum atomic E-state index is 10.1. The molecule has 3 unspecified atom stereocenters. The molecule has 16 heavy (non-hydrogen) atoms. The van der Waals surface area contributed by atoms with E-state index in [2.05, 4.69) is 11.8 Å². The van der Waals surface area contributed by atoms with Crippen molar-refractivity contribution in [1.29, 1.82) is 0 Å². The maximum absolute atomic E-state index is 10.1.